The number of nitrogens with one attached hydrogen (secondary N) is 1. The molecule has 0 unspecified atom stereocenters. The third-order valence-corrected chi connectivity index (χ3v) is 6.02. The Kier molecular flexibility index (Phi) is 5.93. The lowest BCUT2D eigenvalue weighted by Gasteiger charge is -2.34. The van der Waals surface area contributed by atoms with Crippen molar-refractivity contribution in [3.63, 3.8) is 0 Å². The molecule has 0 spiro atoms. The molecule has 1 aliphatic heterocycles. The molecule has 1 N–H and O–H groups in total. The van der Waals surface area contributed by atoms with E-state index >= 15 is 0 Å². The van der Waals surface area contributed by atoms with Gasteiger partial charge in [0.25, 0.3) is 5.91 Å². The van der Waals surface area contributed by atoms with Crippen molar-refractivity contribution >= 4 is 15.9 Å². The van der Waals surface area contributed by atoms with E-state index in [-0.39, 0.29) is 10.8 Å². The summed E-state index contributed by atoms with van der Waals surface area (Å²) in [5, 5.41) is 3.89. The highest BCUT2D eigenvalue weighted by atomic mass is 32.2. The molecule has 1 saturated heterocycles. The first-order valence-electron chi connectivity index (χ1n) is 8.92. The van der Waals surface area contributed by atoms with E-state index in [1.807, 2.05) is 13.0 Å². The van der Waals surface area contributed by atoms with Gasteiger partial charge in [-0.15, -0.1) is 0 Å². The Balaban J connectivity index is 1.57. The molecule has 1 aliphatic rings. The number of piperazine rings is 1. The summed E-state index contributed by atoms with van der Waals surface area (Å²) in [5.74, 6) is 0.738. The monoisotopic (exact) mass is 392 g/mol. The first kappa shape index (κ1) is 19.5. The van der Waals surface area contributed by atoms with Crippen molar-refractivity contribution in [2.75, 3.05) is 32.7 Å². The van der Waals surface area contributed by atoms with E-state index in [1.165, 1.54) is 12.1 Å². The first-order valence-corrected chi connectivity index (χ1v) is 10.4. The molecular formula is C18H24N4O4S. The summed E-state index contributed by atoms with van der Waals surface area (Å²) in [4.78, 5) is 16.8. The number of aryl methyl sites for hydroxylation is 1. The molecular weight excluding hydrogens is 368 g/mol. The fraction of sp³-hybridized carbons (Fsp3) is 0.444. The van der Waals surface area contributed by atoms with Gasteiger partial charge in [0.2, 0.25) is 10.0 Å². The van der Waals surface area contributed by atoms with Gasteiger partial charge in [-0.25, -0.2) is 13.1 Å². The van der Waals surface area contributed by atoms with E-state index in [2.05, 4.69) is 14.8 Å². The Morgan fingerprint density at radius 1 is 1.19 bits per heavy atom. The third-order valence-electron chi connectivity index (χ3n) is 4.46. The molecule has 1 amide bonds. The van der Waals surface area contributed by atoms with Gasteiger partial charge in [0, 0.05) is 44.4 Å². The number of carbonyl (C=O) groups is 1. The summed E-state index contributed by atoms with van der Waals surface area (Å²) in [6.07, 6.45) is 0. The maximum absolute atomic E-state index is 12.7. The van der Waals surface area contributed by atoms with Gasteiger partial charge in [-0.1, -0.05) is 12.1 Å². The number of hydrogen-bond donors (Lipinski definition) is 1. The van der Waals surface area contributed by atoms with E-state index in [0.29, 0.717) is 31.7 Å². The third kappa shape index (κ3) is 4.74. The van der Waals surface area contributed by atoms with Crippen LogP contribution in [0, 0.1) is 6.92 Å². The van der Waals surface area contributed by atoms with Crippen molar-refractivity contribution in [2.24, 2.45) is 0 Å². The zero-order chi connectivity index (χ0) is 19.4. The predicted molar refractivity (Wildman–Crippen MR) is 99.7 cm³/mol. The van der Waals surface area contributed by atoms with E-state index in [4.69, 9.17) is 4.52 Å². The normalized spacial score (nSPS) is 15.9. The summed E-state index contributed by atoms with van der Waals surface area (Å²) < 4.78 is 31.6. The zero-order valence-electron chi connectivity index (χ0n) is 15.5. The van der Waals surface area contributed by atoms with Crippen LogP contribution in [0.2, 0.25) is 0 Å². The van der Waals surface area contributed by atoms with Gasteiger partial charge in [-0.3, -0.25) is 9.69 Å². The summed E-state index contributed by atoms with van der Waals surface area (Å²) in [7, 11) is -3.51. The van der Waals surface area contributed by atoms with E-state index in [0.717, 1.165) is 24.5 Å². The van der Waals surface area contributed by atoms with Crippen LogP contribution in [-0.4, -0.2) is 62.0 Å². The molecule has 0 radical (unpaired) electrons. The number of benzene rings is 1. The van der Waals surface area contributed by atoms with Crippen molar-refractivity contribution in [3.05, 3.63) is 47.3 Å². The van der Waals surface area contributed by atoms with Gasteiger partial charge in [0.05, 0.1) is 17.1 Å². The van der Waals surface area contributed by atoms with E-state index < -0.39 is 10.0 Å². The molecule has 2 aromatic rings. The smallest absolute Gasteiger partial charge is 0.253 e. The molecule has 1 aromatic carbocycles. The Labute approximate surface area is 159 Å². The van der Waals surface area contributed by atoms with Crippen LogP contribution in [-0.2, 0) is 16.6 Å². The lowest BCUT2D eigenvalue weighted by Crippen LogP contribution is -2.48. The minimum absolute atomic E-state index is 0.0856. The van der Waals surface area contributed by atoms with Crippen molar-refractivity contribution in [3.8, 4) is 0 Å². The second-order valence-electron chi connectivity index (χ2n) is 6.53. The van der Waals surface area contributed by atoms with Gasteiger partial charge in [0.15, 0.2) is 5.76 Å². The van der Waals surface area contributed by atoms with Crippen LogP contribution in [0.3, 0.4) is 0 Å². The molecule has 0 atom stereocenters. The van der Waals surface area contributed by atoms with Crippen molar-refractivity contribution in [1.82, 2.24) is 19.7 Å². The molecule has 27 heavy (non-hydrogen) atoms. The molecule has 9 heteroatoms. The highest BCUT2D eigenvalue weighted by Crippen LogP contribution is 2.15. The number of hydrogen-bond acceptors (Lipinski definition) is 6. The number of amides is 1. The van der Waals surface area contributed by atoms with E-state index in [9.17, 15) is 13.2 Å². The molecule has 8 nitrogen and oxygen atoms in total. The SMILES string of the molecule is CCNS(=O)(=O)c1ccc(C(=O)N2CCN(Cc3cc(C)no3)CC2)cc1. The molecule has 146 valence electrons. The molecule has 1 aromatic heterocycles. The Bertz CT molecular complexity index is 884. The van der Waals surface area contributed by atoms with Gasteiger partial charge < -0.3 is 9.42 Å². The quantitative estimate of drug-likeness (QED) is 0.795. The largest absolute Gasteiger partial charge is 0.360 e. The minimum atomic E-state index is -3.51. The second kappa shape index (κ2) is 8.20. The predicted octanol–water partition coefficient (Wildman–Crippen LogP) is 1.24. The Morgan fingerprint density at radius 2 is 1.85 bits per heavy atom. The van der Waals surface area contributed by atoms with Crippen LogP contribution in [0.25, 0.3) is 0 Å². The summed E-state index contributed by atoms with van der Waals surface area (Å²) >= 11 is 0. The van der Waals surface area contributed by atoms with Gasteiger partial charge in [-0.2, -0.15) is 0 Å². The average molecular weight is 392 g/mol. The lowest BCUT2D eigenvalue weighted by molar-refractivity contribution is 0.0617. The van der Waals surface area contributed by atoms with Crippen molar-refractivity contribution in [2.45, 2.75) is 25.3 Å². The average Bonchev–Trinajstić information content (AvgIpc) is 3.06. The Hall–Kier alpha value is -2.23. The fourth-order valence-corrected chi connectivity index (χ4v) is 4.09. The molecule has 3 rings (SSSR count). The molecule has 0 bridgehead atoms. The van der Waals surface area contributed by atoms with Gasteiger partial charge in [0.1, 0.15) is 0 Å². The first-order chi connectivity index (χ1) is 12.9. The zero-order valence-corrected chi connectivity index (χ0v) is 16.3. The van der Waals surface area contributed by atoms with Gasteiger partial charge in [-0.05, 0) is 31.2 Å². The van der Waals surface area contributed by atoms with Crippen LogP contribution < -0.4 is 4.72 Å². The molecule has 0 saturated carbocycles. The highest BCUT2D eigenvalue weighted by Gasteiger charge is 2.23. The van der Waals surface area contributed by atoms with Crippen LogP contribution >= 0.6 is 0 Å². The van der Waals surface area contributed by atoms with E-state index in [1.54, 1.807) is 24.0 Å². The lowest BCUT2D eigenvalue weighted by atomic mass is 10.2. The topological polar surface area (TPSA) is 95.8 Å². The molecule has 0 aliphatic carbocycles. The van der Waals surface area contributed by atoms with Crippen LogP contribution in [0.15, 0.2) is 39.8 Å². The van der Waals surface area contributed by atoms with Crippen LogP contribution in [0.5, 0.6) is 0 Å². The minimum Gasteiger partial charge on any atom is -0.360 e. The van der Waals surface area contributed by atoms with Crippen LogP contribution in [0.1, 0.15) is 28.7 Å². The fourth-order valence-electron chi connectivity index (χ4n) is 3.05. The summed E-state index contributed by atoms with van der Waals surface area (Å²) in [6, 6.07) is 7.98. The number of rotatable bonds is 6. The maximum atomic E-state index is 12.7. The number of aromatic nitrogens is 1. The molecule has 2 heterocycles. The van der Waals surface area contributed by atoms with Gasteiger partial charge >= 0.3 is 0 Å². The van der Waals surface area contributed by atoms with Crippen LogP contribution in [0.4, 0.5) is 0 Å². The second-order valence-corrected chi connectivity index (χ2v) is 8.30. The number of sulfonamides is 1. The summed E-state index contributed by atoms with van der Waals surface area (Å²) in [5.41, 5.74) is 1.35. The highest BCUT2D eigenvalue weighted by molar-refractivity contribution is 7.89. The van der Waals surface area contributed by atoms with Crippen molar-refractivity contribution < 1.29 is 17.7 Å². The number of nitrogens with zero attached hydrogens (tertiary/aromatic N) is 3. The van der Waals surface area contributed by atoms with Crippen molar-refractivity contribution in [1.29, 1.82) is 0 Å². The summed E-state index contributed by atoms with van der Waals surface area (Å²) in [6.45, 7) is 7.33. The maximum Gasteiger partial charge on any atom is 0.253 e. The Morgan fingerprint density at radius 3 is 2.41 bits per heavy atom. The molecule has 1 fully saturated rings. The standard InChI is InChI=1S/C18H24N4O4S/c1-3-19-27(24,25)17-6-4-15(5-7-17)18(23)22-10-8-21(9-11-22)13-16-12-14(2)20-26-16/h4-7,12,19H,3,8-11,13H2,1-2H3. The number of carbonyl (C=O) groups excluding carboxylic acids is 1.